The molecule has 1 atom stereocenters. The molecule has 0 spiro atoms. The van der Waals surface area contributed by atoms with E-state index in [4.69, 9.17) is 4.74 Å². The summed E-state index contributed by atoms with van der Waals surface area (Å²) >= 11 is 0. The normalized spacial score (nSPS) is 15.6. The van der Waals surface area contributed by atoms with Crippen LogP contribution in [0.2, 0.25) is 0 Å². The minimum Gasteiger partial charge on any atom is -0.468 e. The molecule has 1 aromatic carbocycles. The van der Waals surface area contributed by atoms with Crippen LogP contribution in [0.25, 0.3) is 0 Å². The second-order valence-corrected chi connectivity index (χ2v) is 7.61. The third kappa shape index (κ3) is 9.38. The molecule has 0 bridgehead atoms. The first-order valence-electron chi connectivity index (χ1n) is 10.8. The Morgan fingerprint density at radius 1 is 1.03 bits per heavy atom. The molecule has 0 saturated heterocycles. The average Bonchev–Trinajstić information content (AvgIpc) is 2.77. The summed E-state index contributed by atoms with van der Waals surface area (Å²) in [6.07, 6.45) is 3.33. The van der Waals surface area contributed by atoms with Crippen molar-refractivity contribution in [2.24, 2.45) is 5.92 Å². The first-order valence-corrected chi connectivity index (χ1v) is 10.8. The molecular formula is C23H30N2O7. The van der Waals surface area contributed by atoms with Crippen molar-refractivity contribution >= 4 is 35.5 Å². The van der Waals surface area contributed by atoms with Gasteiger partial charge in [0.2, 0.25) is 11.8 Å². The van der Waals surface area contributed by atoms with Gasteiger partial charge in [0.15, 0.2) is 0 Å². The van der Waals surface area contributed by atoms with Gasteiger partial charge in [0.25, 0.3) is 6.47 Å². The summed E-state index contributed by atoms with van der Waals surface area (Å²) in [5, 5.41) is 5.23. The van der Waals surface area contributed by atoms with Crippen molar-refractivity contribution in [2.45, 2.75) is 44.9 Å². The number of ketones is 2. The molecule has 1 aliphatic carbocycles. The van der Waals surface area contributed by atoms with Crippen LogP contribution < -0.4 is 10.6 Å². The molecule has 32 heavy (non-hydrogen) atoms. The first kappa shape index (κ1) is 25.2. The lowest BCUT2D eigenvalue weighted by molar-refractivity contribution is -0.134. The first-order chi connectivity index (χ1) is 15.5. The number of rotatable bonds is 14. The van der Waals surface area contributed by atoms with Crippen LogP contribution in [0, 0.1) is 5.92 Å². The smallest absolute Gasteiger partial charge is 0.293 e. The predicted octanol–water partition coefficient (Wildman–Crippen LogP) is 1.58. The molecule has 2 amide bonds. The van der Waals surface area contributed by atoms with E-state index in [0.29, 0.717) is 44.6 Å². The van der Waals surface area contributed by atoms with Crippen molar-refractivity contribution < 1.29 is 33.4 Å². The summed E-state index contributed by atoms with van der Waals surface area (Å²) in [5.74, 6) is -1.37. The average molecular weight is 447 g/mol. The molecule has 1 fully saturated rings. The number of anilines is 1. The van der Waals surface area contributed by atoms with E-state index >= 15 is 0 Å². The molecule has 0 aromatic heterocycles. The molecule has 0 aliphatic heterocycles. The maximum atomic E-state index is 12.4. The molecular weight excluding hydrogens is 416 g/mol. The number of hydrogen-bond acceptors (Lipinski definition) is 7. The molecule has 1 aliphatic rings. The summed E-state index contributed by atoms with van der Waals surface area (Å²) in [5.41, 5.74) is 1.30. The van der Waals surface area contributed by atoms with E-state index in [1.54, 1.807) is 24.3 Å². The second kappa shape index (κ2) is 14.1. The fourth-order valence-electron chi connectivity index (χ4n) is 3.42. The van der Waals surface area contributed by atoms with E-state index in [9.17, 15) is 24.0 Å². The Bertz CT molecular complexity index is 792. The lowest BCUT2D eigenvalue weighted by atomic mass is 9.83. The van der Waals surface area contributed by atoms with Crippen molar-refractivity contribution in [1.82, 2.24) is 5.32 Å². The van der Waals surface area contributed by atoms with Crippen LogP contribution in [0.5, 0.6) is 0 Å². The molecule has 1 unspecified atom stereocenters. The standard InChI is InChI=1S/C23H30N2O7/c26-16-32-12-3-11-31-13-10-24-22(29)15-23(30)25-18-8-6-17(7-9-18)14-21(28)19-4-1-2-5-20(19)27/h6-9,16,19H,1-5,10-15H2,(H,24,29)(H,25,30). The quantitative estimate of drug-likeness (QED) is 0.252. The Morgan fingerprint density at radius 3 is 2.53 bits per heavy atom. The number of hydrogen-bond donors (Lipinski definition) is 2. The number of carbonyl (C=O) groups excluding carboxylic acids is 5. The summed E-state index contributed by atoms with van der Waals surface area (Å²) in [6, 6.07) is 6.81. The Hall–Kier alpha value is -3.07. The number of benzene rings is 1. The maximum Gasteiger partial charge on any atom is 0.293 e. The number of Topliss-reactive ketones (excluding diaryl/α,β-unsaturated/α-hetero) is 2. The van der Waals surface area contributed by atoms with Gasteiger partial charge in [-0.15, -0.1) is 0 Å². The van der Waals surface area contributed by atoms with Crippen molar-refractivity contribution in [3.05, 3.63) is 29.8 Å². The number of carbonyl (C=O) groups is 5. The Labute approximate surface area is 187 Å². The predicted molar refractivity (Wildman–Crippen MR) is 116 cm³/mol. The van der Waals surface area contributed by atoms with Gasteiger partial charge in [-0.1, -0.05) is 18.6 Å². The molecule has 2 rings (SSSR count). The highest BCUT2D eigenvalue weighted by Crippen LogP contribution is 2.23. The van der Waals surface area contributed by atoms with Gasteiger partial charge < -0.3 is 20.1 Å². The summed E-state index contributed by atoms with van der Waals surface area (Å²) in [4.78, 5) is 58.1. The minimum atomic E-state index is -0.483. The fourth-order valence-corrected chi connectivity index (χ4v) is 3.42. The number of ether oxygens (including phenoxy) is 2. The fraction of sp³-hybridized carbons (Fsp3) is 0.522. The van der Waals surface area contributed by atoms with Gasteiger partial charge in [-0.3, -0.25) is 24.0 Å². The lowest BCUT2D eigenvalue weighted by Gasteiger charge is -2.19. The summed E-state index contributed by atoms with van der Waals surface area (Å²) < 4.78 is 9.78. The van der Waals surface area contributed by atoms with Crippen LogP contribution in [0.1, 0.15) is 44.1 Å². The van der Waals surface area contributed by atoms with Crippen LogP contribution in [-0.2, 0) is 39.9 Å². The molecule has 0 radical (unpaired) electrons. The highest BCUT2D eigenvalue weighted by Gasteiger charge is 2.28. The van der Waals surface area contributed by atoms with E-state index in [1.165, 1.54) is 0 Å². The third-order valence-corrected chi connectivity index (χ3v) is 5.07. The molecule has 9 nitrogen and oxygen atoms in total. The van der Waals surface area contributed by atoms with E-state index in [2.05, 4.69) is 15.4 Å². The van der Waals surface area contributed by atoms with Crippen LogP contribution in [0.4, 0.5) is 5.69 Å². The van der Waals surface area contributed by atoms with Gasteiger partial charge in [0.05, 0.1) is 19.1 Å². The highest BCUT2D eigenvalue weighted by atomic mass is 16.5. The van der Waals surface area contributed by atoms with Crippen LogP contribution in [0.3, 0.4) is 0 Å². The second-order valence-electron chi connectivity index (χ2n) is 7.61. The van der Waals surface area contributed by atoms with Crippen molar-refractivity contribution in [2.75, 3.05) is 31.7 Å². The maximum absolute atomic E-state index is 12.4. The number of nitrogens with one attached hydrogen (secondary N) is 2. The monoisotopic (exact) mass is 446 g/mol. The van der Waals surface area contributed by atoms with Gasteiger partial charge in [-0.2, -0.15) is 0 Å². The Morgan fingerprint density at radius 2 is 1.81 bits per heavy atom. The van der Waals surface area contributed by atoms with E-state index in [0.717, 1.165) is 18.4 Å². The van der Waals surface area contributed by atoms with Gasteiger partial charge in [0.1, 0.15) is 18.0 Å². The van der Waals surface area contributed by atoms with Crippen LogP contribution in [0.15, 0.2) is 24.3 Å². The summed E-state index contributed by atoms with van der Waals surface area (Å²) in [6.45, 7) is 1.63. The van der Waals surface area contributed by atoms with Gasteiger partial charge in [0, 0.05) is 38.1 Å². The lowest BCUT2D eigenvalue weighted by Crippen LogP contribution is -2.30. The van der Waals surface area contributed by atoms with Crippen LogP contribution in [-0.4, -0.2) is 56.2 Å². The van der Waals surface area contributed by atoms with Crippen LogP contribution >= 0.6 is 0 Å². The Balaban J connectivity index is 1.64. The number of amides is 2. The van der Waals surface area contributed by atoms with Crippen molar-refractivity contribution in [1.29, 1.82) is 0 Å². The molecule has 1 aromatic rings. The molecule has 174 valence electrons. The van der Waals surface area contributed by atoms with E-state index in [-0.39, 0.29) is 37.6 Å². The van der Waals surface area contributed by atoms with Gasteiger partial charge in [-0.05, 0) is 30.5 Å². The Kier molecular flexibility index (Phi) is 11.1. The van der Waals surface area contributed by atoms with Crippen molar-refractivity contribution in [3.63, 3.8) is 0 Å². The van der Waals surface area contributed by atoms with E-state index in [1.807, 2.05) is 0 Å². The zero-order valence-corrected chi connectivity index (χ0v) is 18.1. The zero-order chi connectivity index (χ0) is 23.2. The highest BCUT2D eigenvalue weighted by molar-refractivity contribution is 6.04. The topological polar surface area (TPSA) is 128 Å². The van der Waals surface area contributed by atoms with Gasteiger partial charge in [-0.25, -0.2) is 0 Å². The SMILES string of the molecule is O=COCCCOCCNC(=O)CC(=O)Nc1ccc(CC(=O)C2CCCCC2=O)cc1. The molecule has 2 N–H and O–H groups in total. The summed E-state index contributed by atoms with van der Waals surface area (Å²) in [7, 11) is 0. The third-order valence-electron chi connectivity index (χ3n) is 5.07. The molecule has 9 heteroatoms. The molecule has 1 saturated carbocycles. The minimum absolute atomic E-state index is 0.0409. The van der Waals surface area contributed by atoms with E-state index < -0.39 is 17.7 Å². The van der Waals surface area contributed by atoms with Gasteiger partial charge >= 0.3 is 0 Å². The zero-order valence-electron chi connectivity index (χ0n) is 18.1. The van der Waals surface area contributed by atoms with Crippen molar-refractivity contribution in [3.8, 4) is 0 Å². The molecule has 0 heterocycles. The largest absolute Gasteiger partial charge is 0.468 e.